The summed E-state index contributed by atoms with van der Waals surface area (Å²) in [5.74, 6) is -0.831. The maximum absolute atomic E-state index is 12.1. The van der Waals surface area contributed by atoms with Crippen LogP contribution in [-0.2, 0) is 11.8 Å². The number of alkyl halides is 4. The van der Waals surface area contributed by atoms with Crippen molar-refractivity contribution in [2.45, 2.75) is 18.1 Å². The molecule has 92 valence electrons. The molecule has 0 aliphatic rings. The molecule has 0 amide bonds. The van der Waals surface area contributed by atoms with E-state index in [-0.39, 0.29) is 23.0 Å². The maximum atomic E-state index is 12.1. The second kappa shape index (κ2) is 5.23. The van der Waals surface area contributed by atoms with E-state index in [1.807, 2.05) is 0 Å². The van der Waals surface area contributed by atoms with Crippen molar-refractivity contribution in [1.82, 2.24) is 4.98 Å². The predicted octanol–water partition coefficient (Wildman–Crippen LogP) is 2.23. The summed E-state index contributed by atoms with van der Waals surface area (Å²) in [6.45, 7) is 0. The van der Waals surface area contributed by atoms with Crippen molar-refractivity contribution in [2.24, 2.45) is 0 Å². The highest BCUT2D eigenvalue weighted by Crippen LogP contribution is 2.23. The van der Waals surface area contributed by atoms with Gasteiger partial charge in [0.15, 0.2) is 5.75 Å². The molecule has 1 aromatic heterocycles. The second-order valence-corrected chi connectivity index (χ2v) is 3.53. The van der Waals surface area contributed by atoms with Crippen LogP contribution in [0.3, 0.4) is 0 Å². The molecule has 1 heterocycles. The Balaban J connectivity index is 3.29. The Morgan fingerprint density at radius 1 is 1.53 bits per heavy atom. The fourth-order valence-corrected chi connectivity index (χ4v) is 1.54. The molecule has 0 aliphatic carbocycles. The number of nitrogens with zero attached hydrogens (tertiary/aromatic N) is 1. The number of aromatic nitrogens is 1. The third-order valence-electron chi connectivity index (χ3n) is 1.81. The molecule has 1 N–H and O–H groups in total. The van der Waals surface area contributed by atoms with Gasteiger partial charge in [-0.05, 0) is 0 Å². The van der Waals surface area contributed by atoms with Crippen molar-refractivity contribution in [2.75, 3.05) is 0 Å². The molecule has 0 saturated heterocycles. The van der Waals surface area contributed by atoms with Crippen molar-refractivity contribution in [3.63, 3.8) is 0 Å². The first-order valence-electron chi connectivity index (χ1n) is 4.31. The molecule has 4 nitrogen and oxygen atoms in total. The molecule has 0 spiro atoms. The van der Waals surface area contributed by atoms with Crippen molar-refractivity contribution in [3.8, 4) is 11.8 Å². The number of hydrogen-bond acceptors (Lipinski definition) is 3. The van der Waals surface area contributed by atoms with Crippen molar-refractivity contribution in [1.29, 1.82) is 5.26 Å². The van der Waals surface area contributed by atoms with E-state index in [2.05, 4.69) is 25.7 Å². The van der Waals surface area contributed by atoms with Crippen LogP contribution in [0.15, 0.2) is 11.0 Å². The van der Waals surface area contributed by atoms with E-state index in [0.717, 1.165) is 0 Å². The number of ether oxygens (including phenoxy) is 1. The standard InChI is InChI=1S/C9H6BrF3N2O2/c10-3-6-8(17-9(11,12)13)7(16)5(1-2-14)4-15-6/h4H,1,3H2,(H,15,16). The van der Waals surface area contributed by atoms with Gasteiger partial charge in [-0.3, -0.25) is 4.79 Å². The molecule has 0 bridgehead atoms. The number of hydrogen-bond donors (Lipinski definition) is 1. The van der Waals surface area contributed by atoms with Crippen molar-refractivity contribution < 1.29 is 17.9 Å². The summed E-state index contributed by atoms with van der Waals surface area (Å²) < 4.78 is 40.0. The van der Waals surface area contributed by atoms with E-state index in [9.17, 15) is 18.0 Å². The third-order valence-corrected chi connectivity index (χ3v) is 2.37. The summed E-state index contributed by atoms with van der Waals surface area (Å²) >= 11 is 2.93. The summed E-state index contributed by atoms with van der Waals surface area (Å²) in [5, 5.41) is 8.42. The summed E-state index contributed by atoms with van der Waals surface area (Å²) in [5.41, 5.74) is -1.04. The van der Waals surface area contributed by atoms with Crippen LogP contribution in [0.25, 0.3) is 0 Å². The molecular formula is C9H6BrF3N2O2. The fourth-order valence-electron chi connectivity index (χ4n) is 1.13. The van der Waals surface area contributed by atoms with Crippen LogP contribution in [0.2, 0.25) is 0 Å². The number of rotatable bonds is 3. The van der Waals surface area contributed by atoms with E-state index in [1.54, 1.807) is 6.07 Å². The number of nitriles is 1. The number of aromatic amines is 1. The summed E-state index contributed by atoms with van der Waals surface area (Å²) in [6, 6.07) is 1.68. The van der Waals surface area contributed by atoms with E-state index in [4.69, 9.17) is 5.26 Å². The Kier molecular flexibility index (Phi) is 4.17. The van der Waals surface area contributed by atoms with Crippen LogP contribution in [-0.4, -0.2) is 11.3 Å². The lowest BCUT2D eigenvalue weighted by Crippen LogP contribution is -2.25. The highest BCUT2D eigenvalue weighted by molar-refractivity contribution is 9.08. The van der Waals surface area contributed by atoms with Crippen LogP contribution in [0.5, 0.6) is 5.75 Å². The first-order valence-corrected chi connectivity index (χ1v) is 5.43. The smallest absolute Gasteiger partial charge is 0.400 e. The van der Waals surface area contributed by atoms with Gasteiger partial charge in [-0.15, -0.1) is 13.2 Å². The number of halogens is 4. The molecular weight excluding hydrogens is 305 g/mol. The van der Waals surface area contributed by atoms with Gasteiger partial charge in [-0.25, -0.2) is 0 Å². The van der Waals surface area contributed by atoms with E-state index in [0.29, 0.717) is 0 Å². The Bertz CT molecular complexity index is 504. The lowest BCUT2D eigenvalue weighted by Gasteiger charge is -2.11. The summed E-state index contributed by atoms with van der Waals surface area (Å²) in [7, 11) is 0. The summed E-state index contributed by atoms with van der Waals surface area (Å²) in [6.07, 6.45) is -4.04. The molecule has 1 rings (SSSR count). The van der Waals surface area contributed by atoms with Gasteiger partial charge in [0.2, 0.25) is 5.43 Å². The highest BCUT2D eigenvalue weighted by atomic mass is 79.9. The average Bonchev–Trinajstić information content (AvgIpc) is 2.23. The van der Waals surface area contributed by atoms with Crippen LogP contribution in [0.1, 0.15) is 11.3 Å². The molecule has 1 aromatic rings. The minimum absolute atomic E-state index is 0.000483. The zero-order valence-electron chi connectivity index (χ0n) is 8.27. The van der Waals surface area contributed by atoms with Gasteiger partial charge in [-0.2, -0.15) is 5.26 Å². The zero-order valence-corrected chi connectivity index (χ0v) is 9.85. The first-order chi connectivity index (χ1) is 7.89. The molecule has 0 unspecified atom stereocenters. The van der Waals surface area contributed by atoms with E-state index in [1.165, 1.54) is 6.20 Å². The normalized spacial score (nSPS) is 11.0. The number of nitrogens with one attached hydrogen (secondary N) is 1. The Hall–Kier alpha value is -1.49. The third kappa shape index (κ3) is 3.49. The Labute approximate surface area is 102 Å². The maximum Gasteiger partial charge on any atom is 0.573 e. The minimum atomic E-state index is -4.95. The number of H-pyrrole nitrogens is 1. The average molecular weight is 311 g/mol. The van der Waals surface area contributed by atoms with Crippen LogP contribution in [0.4, 0.5) is 13.2 Å². The quantitative estimate of drug-likeness (QED) is 0.871. The van der Waals surface area contributed by atoms with E-state index >= 15 is 0 Å². The lowest BCUT2D eigenvalue weighted by atomic mass is 10.2. The van der Waals surface area contributed by atoms with Gasteiger partial charge >= 0.3 is 6.36 Å². The van der Waals surface area contributed by atoms with E-state index < -0.39 is 17.5 Å². The van der Waals surface area contributed by atoms with Gasteiger partial charge in [-0.1, -0.05) is 15.9 Å². The van der Waals surface area contributed by atoms with Gasteiger partial charge in [0.05, 0.1) is 18.2 Å². The SMILES string of the molecule is N#CCc1c[nH]c(CBr)c(OC(F)(F)F)c1=O. The molecule has 0 aromatic carbocycles. The van der Waals surface area contributed by atoms with Gasteiger partial charge in [0.1, 0.15) is 0 Å². The summed E-state index contributed by atoms with van der Waals surface area (Å²) in [4.78, 5) is 14.1. The molecule has 0 saturated carbocycles. The molecule has 0 radical (unpaired) electrons. The monoisotopic (exact) mass is 310 g/mol. The Morgan fingerprint density at radius 3 is 2.65 bits per heavy atom. The number of pyridine rings is 1. The minimum Gasteiger partial charge on any atom is -0.400 e. The highest BCUT2D eigenvalue weighted by Gasteiger charge is 2.33. The molecule has 0 atom stereocenters. The lowest BCUT2D eigenvalue weighted by molar-refractivity contribution is -0.275. The predicted molar refractivity (Wildman–Crippen MR) is 55.7 cm³/mol. The molecule has 0 fully saturated rings. The largest absolute Gasteiger partial charge is 0.573 e. The molecule has 17 heavy (non-hydrogen) atoms. The topological polar surface area (TPSA) is 65.9 Å². The van der Waals surface area contributed by atoms with Gasteiger partial charge in [0, 0.05) is 17.1 Å². The van der Waals surface area contributed by atoms with Crippen molar-refractivity contribution in [3.05, 3.63) is 27.7 Å². The van der Waals surface area contributed by atoms with Crippen LogP contribution < -0.4 is 10.2 Å². The first kappa shape index (κ1) is 13.6. The van der Waals surface area contributed by atoms with Gasteiger partial charge < -0.3 is 9.72 Å². The zero-order chi connectivity index (χ0) is 13.1. The Morgan fingerprint density at radius 2 is 2.18 bits per heavy atom. The fraction of sp³-hybridized carbons (Fsp3) is 0.333. The van der Waals surface area contributed by atoms with Crippen molar-refractivity contribution >= 4 is 15.9 Å². The van der Waals surface area contributed by atoms with Crippen LogP contribution in [0, 0.1) is 11.3 Å². The molecule has 0 aliphatic heterocycles. The second-order valence-electron chi connectivity index (χ2n) is 2.97. The molecule has 8 heteroatoms. The van der Waals surface area contributed by atoms with Crippen LogP contribution >= 0.6 is 15.9 Å². The van der Waals surface area contributed by atoms with Gasteiger partial charge in [0.25, 0.3) is 0 Å².